The quantitative estimate of drug-likeness (QED) is 0.317. The SMILES string of the molecule is CCOC(CCNC(=NC)NC1CCN(C2CCCC2)CC1)C(C)C.I. The van der Waals surface area contributed by atoms with Crippen LogP contribution in [0.3, 0.4) is 0 Å². The van der Waals surface area contributed by atoms with Gasteiger partial charge in [0, 0.05) is 45.4 Å². The van der Waals surface area contributed by atoms with Crippen molar-refractivity contribution in [2.24, 2.45) is 10.9 Å². The fourth-order valence-electron chi connectivity index (χ4n) is 4.22. The van der Waals surface area contributed by atoms with Gasteiger partial charge in [-0.2, -0.15) is 0 Å². The molecule has 1 aliphatic carbocycles. The van der Waals surface area contributed by atoms with E-state index in [1.807, 2.05) is 7.05 Å². The van der Waals surface area contributed by atoms with E-state index in [9.17, 15) is 0 Å². The van der Waals surface area contributed by atoms with Crippen LogP contribution < -0.4 is 10.6 Å². The molecule has 5 nitrogen and oxygen atoms in total. The van der Waals surface area contributed by atoms with Crippen molar-refractivity contribution in [3.05, 3.63) is 0 Å². The molecule has 1 atom stereocenters. The molecule has 1 saturated carbocycles. The Morgan fingerprint density at radius 3 is 2.35 bits per heavy atom. The summed E-state index contributed by atoms with van der Waals surface area (Å²) in [5, 5.41) is 7.10. The average Bonchev–Trinajstić information content (AvgIpc) is 3.15. The molecule has 1 heterocycles. The van der Waals surface area contributed by atoms with Crippen LogP contribution in [0.2, 0.25) is 0 Å². The highest BCUT2D eigenvalue weighted by Gasteiger charge is 2.27. The number of guanidine groups is 1. The van der Waals surface area contributed by atoms with Gasteiger partial charge >= 0.3 is 0 Å². The van der Waals surface area contributed by atoms with E-state index in [0.717, 1.165) is 31.6 Å². The number of halogens is 1. The maximum atomic E-state index is 5.82. The molecule has 2 rings (SSSR count). The summed E-state index contributed by atoms with van der Waals surface area (Å²) < 4.78 is 5.82. The molecule has 0 amide bonds. The van der Waals surface area contributed by atoms with Crippen molar-refractivity contribution < 1.29 is 4.74 Å². The normalized spacial score (nSPS) is 21.7. The van der Waals surface area contributed by atoms with Gasteiger partial charge in [-0.1, -0.05) is 26.7 Å². The highest BCUT2D eigenvalue weighted by atomic mass is 127. The highest BCUT2D eigenvalue weighted by Crippen LogP contribution is 2.26. The minimum Gasteiger partial charge on any atom is -0.378 e. The summed E-state index contributed by atoms with van der Waals surface area (Å²) in [6, 6.07) is 1.42. The number of hydrogen-bond acceptors (Lipinski definition) is 3. The summed E-state index contributed by atoms with van der Waals surface area (Å²) >= 11 is 0. The van der Waals surface area contributed by atoms with Crippen LogP contribution in [0.15, 0.2) is 4.99 Å². The number of nitrogens with zero attached hydrogens (tertiary/aromatic N) is 2. The van der Waals surface area contributed by atoms with Gasteiger partial charge in [0.05, 0.1) is 6.10 Å². The number of rotatable bonds is 8. The van der Waals surface area contributed by atoms with E-state index in [1.54, 1.807) is 0 Å². The molecule has 0 radical (unpaired) electrons. The summed E-state index contributed by atoms with van der Waals surface area (Å²) in [4.78, 5) is 7.13. The number of aliphatic imine (C=N–C) groups is 1. The zero-order valence-electron chi connectivity index (χ0n) is 17.3. The van der Waals surface area contributed by atoms with Crippen molar-refractivity contribution >= 4 is 29.9 Å². The fraction of sp³-hybridized carbons (Fsp3) is 0.950. The molecule has 0 bridgehead atoms. The molecule has 1 aliphatic heterocycles. The first-order valence-corrected chi connectivity index (χ1v) is 10.5. The molecule has 2 fully saturated rings. The van der Waals surface area contributed by atoms with E-state index in [2.05, 4.69) is 41.3 Å². The van der Waals surface area contributed by atoms with E-state index in [1.165, 1.54) is 51.6 Å². The molecule has 2 N–H and O–H groups in total. The third-order valence-corrected chi connectivity index (χ3v) is 5.78. The topological polar surface area (TPSA) is 48.9 Å². The van der Waals surface area contributed by atoms with Crippen LogP contribution in [-0.2, 0) is 4.74 Å². The largest absolute Gasteiger partial charge is 0.378 e. The summed E-state index contributed by atoms with van der Waals surface area (Å²) in [7, 11) is 1.87. The van der Waals surface area contributed by atoms with E-state index < -0.39 is 0 Å². The van der Waals surface area contributed by atoms with E-state index in [-0.39, 0.29) is 24.0 Å². The maximum Gasteiger partial charge on any atom is 0.191 e. The lowest BCUT2D eigenvalue weighted by atomic mass is 10.0. The maximum absolute atomic E-state index is 5.82. The summed E-state index contributed by atoms with van der Waals surface area (Å²) in [5.74, 6) is 1.50. The Hall–Kier alpha value is -0.0800. The van der Waals surface area contributed by atoms with Gasteiger partial charge in [0.1, 0.15) is 0 Å². The van der Waals surface area contributed by atoms with Gasteiger partial charge in [-0.25, -0.2) is 0 Å². The molecule has 0 aromatic carbocycles. The van der Waals surface area contributed by atoms with Crippen molar-refractivity contribution in [2.75, 3.05) is 33.3 Å². The van der Waals surface area contributed by atoms with Gasteiger partial charge in [-0.05, 0) is 44.9 Å². The number of ether oxygens (including phenoxy) is 1. The van der Waals surface area contributed by atoms with Crippen LogP contribution in [0.4, 0.5) is 0 Å². The van der Waals surface area contributed by atoms with Gasteiger partial charge in [0.25, 0.3) is 0 Å². The van der Waals surface area contributed by atoms with Crippen LogP contribution in [0.1, 0.15) is 65.7 Å². The first-order chi connectivity index (χ1) is 12.1. The van der Waals surface area contributed by atoms with Crippen molar-refractivity contribution in [3.8, 4) is 0 Å². The summed E-state index contributed by atoms with van der Waals surface area (Å²) in [6.07, 6.45) is 9.49. The van der Waals surface area contributed by atoms with E-state index in [4.69, 9.17) is 4.74 Å². The van der Waals surface area contributed by atoms with Crippen LogP contribution in [-0.4, -0.2) is 62.3 Å². The Bertz CT molecular complexity index is 391. The number of hydrogen-bond donors (Lipinski definition) is 2. The van der Waals surface area contributed by atoms with Gasteiger partial charge in [0.2, 0.25) is 0 Å². The molecule has 1 saturated heterocycles. The second-order valence-corrected chi connectivity index (χ2v) is 7.92. The number of piperidine rings is 1. The molecule has 1 unspecified atom stereocenters. The Morgan fingerprint density at radius 2 is 1.81 bits per heavy atom. The Kier molecular flexibility index (Phi) is 12.1. The number of likely N-dealkylation sites (tertiary alicyclic amines) is 1. The van der Waals surface area contributed by atoms with Gasteiger partial charge in [-0.15, -0.1) is 24.0 Å². The molecular weight excluding hydrogens is 439 g/mol. The fourth-order valence-corrected chi connectivity index (χ4v) is 4.22. The van der Waals surface area contributed by atoms with Crippen LogP contribution >= 0.6 is 24.0 Å². The molecule has 0 aromatic heterocycles. The Balaban J connectivity index is 0.00000338. The molecule has 0 spiro atoms. The number of nitrogens with one attached hydrogen (secondary N) is 2. The molecule has 0 aromatic rings. The van der Waals surface area contributed by atoms with E-state index in [0.29, 0.717) is 18.1 Å². The van der Waals surface area contributed by atoms with Crippen molar-refractivity contribution in [2.45, 2.75) is 83.9 Å². The minimum atomic E-state index is 0. The van der Waals surface area contributed by atoms with Crippen LogP contribution in [0.25, 0.3) is 0 Å². The first kappa shape index (κ1) is 24.0. The lowest BCUT2D eigenvalue weighted by Gasteiger charge is -2.36. The third-order valence-electron chi connectivity index (χ3n) is 5.78. The average molecular weight is 480 g/mol. The van der Waals surface area contributed by atoms with Crippen LogP contribution in [0.5, 0.6) is 0 Å². The Labute approximate surface area is 178 Å². The molecule has 26 heavy (non-hydrogen) atoms. The smallest absolute Gasteiger partial charge is 0.191 e. The van der Waals surface area contributed by atoms with Gasteiger partial charge < -0.3 is 20.3 Å². The summed E-state index contributed by atoms with van der Waals surface area (Å²) in [5.41, 5.74) is 0. The monoisotopic (exact) mass is 480 g/mol. The molecule has 2 aliphatic rings. The molecule has 154 valence electrons. The van der Waals surface area contributed by atoms with E-state index >= 15 is 0 Å². The first-order valence-electron chi connectivity index (χ1n) is 10.5. The second-order valence-electron chi connectivity index (χ2n) is 7.92. The van der Waals surface area contributed by atoms with Crippen LogP contribution in [0, 0.1) is 5.92 Å². The minimum absolute atomic E-state index is 0. The predicted octanol–water partition coefficient (Wildman–Crippen LogP) is 3.63. The molecule has 6 heteroatoms. The second kappa shape index (κ2) is 13.2. The Morgan fingerprint density at radius 1 is 1.15 bits per heavy atom. The highest BCUT2D eigenvalue weighted by molar-refractivity contribution is 14.0. The predicted molar refractivity (Wildman–Crippen MR) is 122 cm³/mol. The zero-order valence-corrected chi connectivity index (χ0v) is 19.6. The third kappa shape index (κ3) is 7.89. The zero-order chi connectivity index (χ0) is 18.1. The summed E-state index contributed by atoms with van der Waals surface area (Å²) in [6.45, 7) is 10.7. The van der Waals surface area contributed by atoms with Gasteiger partial charge in [0.15, 0.2) is 5.96 Å². The standard InChI is InChI=1S/C20H40N4O.HI/c1-5-25-19(16(2)3)10-13-22-20(21-4)23-17-11-14-24(15-12-17)18-8-6-7-9-18;/h16-19H,5-15H2,1-4H3,(H2,21,22,23);1H. The van der Waals surface area contributed by atoms with Crippen molar-refractivity contribution in [1.82, 2.24) is 15.5 Å². The lowest BCUT2D eigenvalue weighted by molar-refractivity contribution is 0.0258. The lowest BCUT2D eigenvalue weighted by Crippen LogP contribution is -2.50. The van der Waals surface area contributed by atoms with Crippen molar-refractivity contribution in [1.29, 1.82) is 0 Å². The van der Waals surface area contributed by atoms with Gasteiger partial charge in [-0.3, -0.25) is 4.99 Å². The molecular formula is C20H41IN4O. The van der Waals surface area contributed by atoms with Crippen molar-refractivity contribution in [3.63, 3.8) is 0 Å².